The van der Waals surface area contributed by atoms with E-state index in [1.165, 1.54) is 28.3 Å². The van der Waals surface area contributed by atoms with E-state index < -0.39 is 53.1 Å². The molecule has 8 nitrogen and oxygen atoms in total. The van der Waals surface area contributed by atoms with Crippen LogP contribution in [0.25, 0.3) is 0 Å². The van der Waals surface area contributed by atoms with Crippen molar-refractivity contribution in [2.45, 2.75) is 68.4 Å². The molecule has 8 heteroatoms. The van der Waals surface area contributed by atoms with E-state index in [1.54, 1.807) is 13.8 Å². The Kier molecular flexibility index (Phi) is 4.54. The van der Waals surface area contributed by atoms with Crippen molar-refractivity contribution in [3.63, 3.8) is 0 Å². The Morgan fingerprint density at radius 3 is 2.19 bits per heavy atom. The summed E-state index contributed by atoms with van der Waals surface area (Å²) in [5, 5.41) is 33.6. The fourth-order valence-corrected chi connectivity index (χ4v) is 5.07. The maximum Gasteiger partial charge on any atom is 0.341 e. The summed E-state index contributed by atoms with van der Waals surface area (Å²) < 4.78 is 22.1. The molecule has 0 aromatic rings. The number of carbonyl (C=O) groups is 1. The van der Waals surface area contributed by atoms with Crippen LogP contribution in [-0.2, 0) is 23.7 Å². The number of hydrogen-bond acceptors (Lipinski definition) is 8. The molecule has 0 amide bonds. The fourth-order valence-electron chi connectivity index (χ4n) is 5.07. The zero-order valence-electron chi connectivity index (χ0n) is 16.0. The SMILES string of the molecule is COC1C(C)=C2C(C1OC)C(C)(O)CC(OC)C1(O)C2OC(=O)C1(C)O. The molecule has 0 bridgehead atoms. The van der Waals surface area contributed by atoms with Crippen LogP contribution in [0, 0.1) is 5.92 Å². The predicted octanol–water partition coefficient (Wildman–Crippen LogP) is -0.460. The van der Waals surface area contributed by atoms with Crippen LogP contribution in [0.15, 0.2) is 11.1 Å². The first-order valence-corrected chi connectivity index (χ1v) is 8.66. The molecule has 1 saturated heterocycles. The van der Waals surface area contributed by atoms with Crippen LogP contribution in [0.5, 0.6) is 0 Å². The molecule has 2 aliphatic carbocycles. The first kappa shape index (κ1) is 19.7. The van der Waals surface area contributed by atoms with Gasteiger partial charge in [0.1, 0.15) is 6.10 Å². The third-order valence-electron chi connectivity index (χ3n) is 6.50. The molecule has 3 N–H and O–H groups in total. The van der Waals surface area contributed by atoms with Gasteiger partial charge in [-0.05, 0) is 31.9 Å². The highest BCUT2D eigenvalue weighted by molar-refractivity contribution is 5.85. The maximum atomic E-state index is 12.4. The molecule has 3 aliphatic rings. The number of carbonyl (C=O) groups excluding carboxylic acids is 1. The number of esters is 1. The predicted molar refractivity (Wildman–Crippen MR) is 89.3 cm³/mol. The van der Waals surface area contributed by atoms with Gasteiger partial charge in [0.15, 0.2) is 17.3 Å². The normalized spacial score (nSPS) is 51.1. The van der Waals surface area contributed by atoms with Crippen molar-refractivity contribution in [1.82, 2.24) is 0 Å². The number of aliphatic hydroxyl groups is 3. The summed E-state index contributed by atoms with van der Waals surface area (Å²) in [5.41, 5.74) is -4.38. The quantitative estimate of drug-likeness (QED) is 0.450. The largest absolute Gasteiger partial charge is 0.452 e. The Bertz CT molecular complexity index is 639. The van der Waals surface area contributed by atoms with Crippen LogP contribution in [0.1, 0.15) is 27.2 Å². The zero-order chi connectivity index (χ0) is 19.7. The summed E-state index contributed by atoms with van der Waals surface area (Å²) in [5.74, 6) is -1.53. The van der Waals surface area contributed by atoms with Crippen LogP contribution in [0.3, 0.4) is 0 Å². The van der Waals surface area contributed by atoms with E-state index in [1.807, 2.05) is 0 Å². The van der Waals surface area contributed by atoms with Crippen LogP contribution in [-0.4, -0.2) is 83.8 Å². The molecular weight excluding hydrogens is 344 g/mol. The van der Waals surface area contributed by atoms with E-state index in [0.717, 1.165) is 0 Å². The zero-order valence-corrected chi connectivity index (χ0v) is 16.0. The van der Waals surface area contributed by atoms with E-state index in [4.69, 9.17) is 18.9 Å². The molecule has 0 aromatic carbocycles. The molecular formula is C18H28O8. The summed E-state index contributed by atoms with van der Waals surface area (Å²) in [6, 6.07) is 0. The Morgan fingerprint density at radius 2 is 1.69 bits per heavy atom. The molecule has 1 heterocycles. The number of fused-ring (bicyclic) bond motifs is 3. The summed E-state index contributed by atoms with van der Waals surface area (Å²) in [6.07, 6.45) is -3.24. The Balaban J connectivity index is 2.27. The van der Waals surface area contributed by atoms with Gasteiger partial charge in [-0.2, -0.15) is 0 Å². The van der Waals surface area contributed by atoms with Crippen molar-refractivity contribution in [1.29, 1.82) is 0 Å². The van der Waals surface area contributed by atoms with Gasteiger partial charge < -0.3 is 34.3 Å². The van der Waals surface area contributed by atoms with Gasteiger partial charge in [-0.1, -0.05) is 0 Å². The molecule has 1 aliphatic heterocycles. The molecule has 3 rings (SSSR count). The number of rotatable bonds is 3. The van der Waals surface area contributed by atoms with Gasteiger partial charge in [0.25, 0.3) is 0 Å². The number of methoxy groups -OCH3 is 3. The van der Waals surface area contributed by atoms with E-state index in [-0.39, 0.29) is 6.42 Å². The molecule has 8 unspecified atom stereocenters. The van der Waals surface area contributed by atoms with Gasteiger partial charge >= 0.3 is 5.97 Å². The first-order valence-electron chi connectivity index (χ1n) is 8.66. The van der Waals surface area contributed by atoms with Gasteiger partial charge in [-0.3, -0.25) is 0 Å². The van der Waals surface area contributed by atoms with Crippen LogP contribution in [0.2, 0.25) is 0 Å². The van der Waals surface area contributed by atoms with Crippen molar-refractivity contribution in [3.8, 4) is 0 Å². The van der Waals surface area contributed by atoms with Gasteiger partial charge in [0, 0.05) is 33.7 Å². The van der Waals surface area contributed by atoms with Crippen molar-refractivity contribution >= 4 is 5.97 Å². The van der Waals surface area contributed by atoms with Crippen molar-refractivity contribution in [3.05, 3.63) is 11.1 Å². The smallest absolute Gasteiger partial charge is 0.341 e. The molecule has 2 fully saturated rings. The minimum Gasteiger partial charge on any atom is -0.452 e. The fraction of sp³-hybridized carbons (Fsp3) is 0.833. The van der Waals surface area contributed by atoms with Gasteiger partial charge in [-0.15, -0.1) is 0 Å². The van der Waals surface area contributed by atoms with Crippen LogP contribution in [0.4, 0.5) is 0 Å². The minimum atomic E-state index is -2.19. The van der Waals surface area contributed by atoms with Gasteiger partial charge in [-0.25, -0.2) is 4.79 Å². The Hall–Kier alpha value is -1.03. The number of hydrogen-bond donors (Lipinski definition) is 3. The highest BCUT2D eigenvalue weighted by Gasteiger charge is 2.74. The second kappa shape index (κ2) is 5.98. The molecule has 0 radical (unpaired) electrons. The van der Waals surface area contributed by atoms with Gasteiger partial charge in [0.05, 0.1) is 17.8 Å². The van der Waals surface area contributed by atoms with E-state index >= 15 is 0 Å². The maximum absolute atomic E-state index is 12.4. The lowest BCUT2D eigenvalue weighted by Crippen LogP contribution is -2.64. The standard InChI is InChI=1S/C18H28O8/c1-8-10-11(13(25-6)12(8)24-5)16(2,20)7-9(23-4)18(22)14(10)26-15(19)17(18,3)21/h9,11-14,20-22H,7H2,1-6H3. The lowest BCUT2D eigenvalue weighted by atomic mass is 9.75. The highest BCUT2D eigenvalue weighted by Crippen LogP contribution is 2.56. The van der Waals surface area contributed by atoms with Crippen molar-refractivity contribution in [2.75, 3.05) is 21.3 Å². The first-order chi connectivity index (χ1) is 12.0. The third-order valence-corrected chi connectivity index (χ3v) is 6.50. The molecule has 0 spiro atoms. The number of ether oxygens (including phenoxy) is 4. The molecule has 8 atom stereocenters. The van der Waals surface area contributed by atoms with Crippen LogP contribution < -0.4 is 0 Å². The van der Waals surface area contributed by atoms with Crippen molar-refractivity contribution < 1.29 is 39.1 Å². The summed E-state index contributed by atoms with van der Waals surface area (Å²) >= 11 is 0. The third kappa shape index (κ3) is 2.20. The van der Waals surface area contributed by atoms with Crippen molar-refractivity contribution in [2.24, 2.45) is 5.92 Å². The van der Waals surface area contributed by atoms with Crippen LogP contribution >= 0.6 is 0 Å². The molecule has 0 aromatic heterocycles. The summed E-state index contributed by atoms with van der Waals surface area (Å²) in [4.78, 5) is 12.4. The summed E-state index contributed by atoms with van der Waals surface area (Å²) in [7, 11) is 4.41. The summed E-state index contributed by atoms with van der Waals surface area (Å²) in [6.45, 7) is 4.63. The average Bonchev–Trinajstić information content (AvgIpc) is 2.93. The van der Waals surface area contributed by atoms with E-state index in [2.05, 4.69) is 0 Å². The highest BCUT2D eigenvalue weighted by atomic mass is 16.6. The van der Waals surface area contributed by atoms with Gasteiger partial charge in [0.2, 0.25) is 0 Å². The Labute approximate surface area is 152 Å². The second-order valence-corrected chi connectivity index (χ2v) is 7.94. The lowest BCUT2D eigenvalue weighted by molar-refractivity contribution is -0.198. The topological polar surface area (TPSA) is 115 Å². The molecule has 1 saturated carbocycles. The van der Waals surface area contributed by atoms with E-state index in [9.17, 15) is 20.1 Å². The molecule has 148 valence electrons. The van der Waals surface area contributed by atoms with E-state index in [0.29, 0.717) is 11.1 Å². The average molecular weight is 372 g/mol. The Morgan fingerprint density at radius 1 is 1.08 bits per heavy atom. The monoisotopic (exact) mass is 372 g/mol. The minimum absolute atomic E-state index is 0.0268. The lowest BCUT2D eigenvalue weighted by Gasteiger charge is -2.40. The second-order valence-electron chi connectivity index (χ2n) is 7.94. The molecule has 26 heavy (non-hydrogen) atoms.